The van der Waals surface area contributed by atoms with Crippen LogP contribution in [0.4, 0.5) is 5.69 Å². The van der Waals surface area contributed by atoms with E-state index in [-0.39, 0.29) is 6.04 Å². The lowest BCUT2D eigenvalue weighted by molar-refractivity contribution is 0.473. The van der Waals surface area contributed by atoms with E-state index in [2.05, 4.69) is 11.4 Å². The van der Waals surface area contributed by atoms with Crippen LogP contribution in [0.2, 0.25) is 0 Å². The van der Waals surface area contributed by atoms with E-state index < -0.39 is 0 Å². The predicted molar refractivity (Wildman–Crippen MR) is 74.7 cm³/mol. The van der Waals surface area contributed by atoms with E-state index in [0.717, 1.165) is 17.0 Å². The number of nitriles is 1. The fraction of sp³-hybridized carbons (Fsp3) is 0.267. The SMILES string of the molecule is CN(C)c1ccc(C(C#N)NCc2ccco2)cc1. The van der Waals surface area contributed by atoms with E-state index in [0.29, 0.717) is 6.54 Å². The molecule has 0 aliphatic rings. The summed E-state index contributed by atoms with van der Waals surface area (Å²) in [4.78, 5) is 2.03. The van der Waals surface area contributed by atoms with E-state index in [1.165, 1.54) is 0 Å². The zero-order valence-corrected chi connectivity index (χ0v) is 11.1. The Balaban J connectivity index is 2.03. The van der Waals surface area contributed by atoms with Gasteiger partial charge in [-0.3, -0.25) is 5.32 Å². The molecule has 1 aromatic heterocycles. The first-order chi connectivity index (χ1) is 9.20. The lowest BCUT2D eigenvalue weighted by Crippen LogP contribution is -2.19. The third kappa shape index (κ3) is 3.36. The van der Waals surface area contributed by atoms with Gasteiger partial charge in [-0.15, -0.1) is 0 Å². The second kappa shape index (κ2) is 6.07. The molecule has 0 bridgehead atoms. The molecule has 0 aliphatic carbocycles. The molecule has 0 saturated carbocycles. The molecule has 0 spiro atoms. The summed E-state index contributed by atoms with van der Waals surface area (Å²) >= 11 is 0. The number of nitrogens with one attached hydrogen (secondary N) is 1. The molecule has 0 saturated heterocycles. The Hall–Kier alpha value is -2.25. The highest BCUT2D eigenvalue weighted by atomic mass is 16.3. The van der Waals surface area contributed by atoms with Crippen LogP contribution in [0.5, 0.6) is 0 Å². The standard InChI is InChI=1S/C15H17N3O/c1-18(2)13-7-5-12(6-8-13)15(10-16)17-11-14-4-3-9-19-14/h3-9,15,17H,11H2,1-2H3. The number of anilines is 1. The highest BCUT2D eigenvalue weighted by Crippen LogP contribution is 2.18. The molecule has 1 N–H and O–H groups in total. The topological polar surface area (TPSA) is 52.2 Å². The maximum absolute atomic E-state index is 9.23. The first-order valence-corrected chi connectivity index (χ1v) is 6.13. The van der Waals surface area contributed by atoms with Gasteiger partial charge < -0.3 is 9.32 Å². The summed E-state index contributed by atoms with van der Waals surface area (Å²) in [5.41, 5.74) is 2.08. The molecular weight excluding hydrogens is 238 g/mol. The van der Waals surface area contributed by atoms with Crippen molar-refractivity contribution in [3.8, 4) is 6.07 Å². The minimum absolute atomic E-state index is 0.332. The summed E-state index contributed by atoms with van der Waals surface area (Å²) in [6, 6.07) is 13.6. The van der Waals surface area contributed by atoms with Gasteiger partial charge in [-0.05, 0) is 29.8 Å². The second-order valence-corrected chi connectivity index (χ2v) is 4.51. The molecule has 0 amide bonds. The van der Waals surface area contributed by atoms with Gasteiger partial charge in [-0.1, -0.05) is 12.1 Å². The maximum atomic E-state index is 9.23. The van der Waals surface area contributed by atoms with Crippen LogP contribution in [0.1, 0.15) is 17.4 Å². The Morgan fingerprint density at radius 1 is 1.26 bits per heavy atom. The lowest BCUT2D eigenvalue weighted by atomic mass is 10.1. The number of rotatable bonds is 5. The van der Waals surface area contributed by atoms with E-state index in [4.69, 9.17) is 4.42 Å². The molecule has 98 valence electrons. The van der Waals surface area contributed by atoms with Crippen molar-refractivity contribution in [1.29, 1.82) is 5.26 Å². The van der Waals surface area contributed by atoms with Crippen LogP contribution in [0, 0.1) is 11.3 Å². The van der Waals surface area contributed by atoms with Crippen molar-refractivity contribution in [3.63, 3.8) is 0 Å². The third-order valence-electron chi connectivity index (χ3n) is 2.93. The van der Waals surface area contributed by atoms with Crippen molar-refractivity contribution in [2.24, 2.45) is 0 Å². The van der Waals surface area contributed by atoms with Gasteiger partial charge in [0.25, 0.3) is 0 Å². The van der Waals surface area contributed by atoms with Crippen molar-refractivity contribution in [2.45, 2.75) is 12.6 Å². The van der Waals surface area contributed by atoms with Crippen LogP contribution in [-0.2, 0) is 6.54 Å². The molecule has 0 radical (unpaired) electrons. The quantitative estimate of drug-likeness (QED) is 0.892. The molecule has 2 aromatic rings. The van der Waals surface area contributed by atoms with E-state index in [1.54, 1.807) is 6.26 Å². The maximum Gasteiger partial charge on any atom is 0.121 e. The van der Waals surface area contributed by atoms with Gasteiger partial charge in [0, 0.05) is 19.8 Å². The monoisotopic (exact) mass is 255 g/mol. The van der Waals surface area contributed by atoms with Gasteiger partial charge >= 0.3 is 0 Å². The Morgan fingerprint density at radius 2 is 2.00 bits per heavy atom. The fourth-order valence-electron chi connectivity index (χ4n) is 1.82. The largest absolute Gasteiger partial charge is 0.468 e. The van der Waals surface area contributed by atoms with Gasteiger partial charge in [-0.25, -0.2) is 0 Å². The van der Waals surface area contributed by atoms with Crippen LogP contribution < -0.4 is 10.2 Å². The number of benzene rings is 1. The van der Waals surface area contributed by atoms with Crippen molar-refractivity contribution < 1.29 is 4.42 Å². The molecule has 2 rings (SSSR count). The molecular formula is C15H17N3O. The van der Waals surface area contributed by atoms with Crippen LogP contribution in [0.15, 0.2) is 47.1 Å². The summed E-state index contributed by atoms with van der Waals surface area (Å²) < 4.78 is 5.24. The Morgan fingerprint density at radius 3 is 2.53 bits per heavy atom. The summed E-state index contributed by atoms with van der Waals surface area (Å²) in [7, 11) is 3.98. The molecule has 19 heavy (non-hydrogen) atoms. The van der Waals surface area contributed by atoms with Gasteiger partial charge in [0.1, 0.15) is 11.8 Å². The average molecular weight is 255 g/mol. The lowest BCUT2D eigenvalue weighted by Gasteiger charge is -2.15. The molecule has 0 fully saturated rings. The predicted octanol–water partition coefficient (Wildman–Crippen LogP) is 2.70. The summed E-state index contributed by atoms with van der Waals surface area (Å²) in [6.07, 6.45) is 1.63. The fourth-order valence-corrected chi connectivity index (χ4v) is 1.82. The highest BCUT2D eigenvalue weighted by Gasteiger charge is 2.10. The molecule has 0 aliphatic heterocycles. The van der Waals surface area contributed by atoms with Crippen LogP contribution >= 0.6 is 0 Å². The van der Waals surface area contributed by atoms with Gasteiger partial charge in [-0.2, -0.15) is 5.26 Å². The van der Waals surface area contributed by atoms with E-state index >= 15 is 0 Å². The van der Waals surface area contributed by atoms with E-state index in [9.17, 15) is 5.26 Å². The molecule has 4 heteroatoms. The minimum Gasteiger partial charge on any atom is -0.468 e. The first kappa shape index (κ1) is 13.2. The molecule has 4 nitrogen and oxygen atoms in total. The summed E-state index contributed by atoms with van der Waals surface area (Å²) in [5.74, 6) is 0.824. The average Bonchev–Trinajstić information content (AvgIpc) is 2.93. The molecule has 1 atom stereocenters. The van der Waals surface area contributed by atoms with Crippen molar-refractivity contribution in [2.75, 3.05) is 19.0 Å². The summed E-state index contributed by atoms with van der Waals surface area (Å²) in [6.45, 7) is 0.542. The number of hydrogen-bond donors (Lipinski definition) is 1. The van der Waals surface area contributed by atoms with Gasteiger partial charge in [0.05, 0.1) is 18.9 Å². The third-order valence-corrected chi connectivity index (χ3v) is 2.93. The Bertz CT molecular complexity index is 538. The van der Waals surface area contributed by atoms with Crippen LogP contribution in [-0.4, -0.2) is 14.1 Å². The van der Waals surface area contributed by atoms with Gasteiger partial charge in [0.2, 0.25) is 0 Å². The molecule has 1 unspecified atom stereocenters. The van der Waals surface area contributed by atoms with Gasteiger partial charge in [0.15, 0.2) is 0 Å². The number of furan rings is 1. The number of nitrogens with zero attached hydrogens (tertiary/aromatic N) is 2. The summed E-state index contributed by atoms with van der Waals surface area (Å²) in [5, 5.41) is 12.4. The Labute approximate surface area is 113 Å². The second-order valence-electron chi connectivity index (χ2n) is 4.51. The van der Waals surface area contributed by atoms with Crippen molar-refractivity contribution >= 4 is 5.69 Å². The zero-order chi connectivity index (χ0) is 13.7. The van der Waals surface area contributed by atoms with Crippen molar-refractivity contribution in [1.82, 2.24) is 5.32 Å². The Kier molecular flexibility index (Phi) is 4.22. The first-order valence-electron chi connectivity index (χ1n) is 6.13. The zero-order valence-electron chi connectivity index (χ0n) is 11.1. The van der Waals surface area contributed by atoms with Crippen LogP contribution in [0.3, 0.4) is 0 Å². The normalized spacial score (nSPS) is 11.8. The molecule has 1 heterocycles. The van der Waals surface area contributed by atoms with Crippen molar-refractivity contribution in [3.05, 3.63) is 54.0 Å². The van der Waals surface area contributed by atoms with Crippen LogP contribution in [0.25, 0.3) is 0 Å². The smallest absolute Gasteiger partial charge is 0.121 e. The van der Waals surface area contributed by atoms with E-state index in [1.807, 2.05) is 55.4 Å². The highest BCUT2D eigenvalue weighted by molar-refractivity contribution is 5.47. The number of hydrogen-bond acceptors (Lipinski definition) is 4. The molecule has 1 aromatic carbocycles. The minimum atomic E-state index is -0.332.